The van der Waals surface area contributed by atoms with Crippen LogP contribution < -0.4 is 0 Å². The van der Waals surface area contributed by atoms with E-state index in [4.69, 9.17) is 0 Å². The zero-order valence-electron chi connectivity index (χ0n) is 17.2. The second-order valence-electron chi connectivity index (χ2n) is 7.49. The van der Waals surface area contributed by atoms with E-state index in [1.807, 2.05) is 59.2 Å². The molecule has 0 unspecified atom stereocenters. The number of hydrogen-bond acceptors (Lipinski definition) is 3. The Morgan fingerprint density at radius 1 is 0.848 bits per heavy atom. The highest BCUT2D eigenvalue weighted by molar-refractivity contribution is 5.97. The van der Waals surface area contributed by atoms with Gasteiger partial charge >= 0.3 is 6.18 Å². The molecule has 33 heavy (non-hydrogen) atoms. The lowest BCUT2D eigenvalue weighted by Gasteiger charge is -2.11. The van der Waals surface area contributed by atoms with Crippen LogP contribution >= 0.6 is 0 Å². The molecule has 0 N–H and O–H groups in total. The summed E-state index contributed by atoms with van der Waals surface area (Å²) in [5.74, 6) is -0.337. The quantitative estimate of drug-likeness (QED) is 0.358. The van der Waals surface area contributed by atoms with E-state index in [2.05, 4.69) is 10.1 Å². The Labute approximate surface area is 186 Å². The summed E-state index contributed by atoms with van der Waals surface area (Å²) in [6.45, 7) is 0.522. The summed E-state index contributed by atoms with van der Waals surface area (Å²) >= 11 is 0. The first-order valence-corrected chi connectivity index (χ1v) is 10.2. The van der Waals surface area contributed by atoms with Gasteiger partial charge in [-0.25, -0.2) is 9.67 Å². The zero-order chi connectivity index (χ0) is 23.0. The number of imidazole rings is 1. The molecule has 0 saturated carbocycles. The summed E-state index contributed by atoms with van der Waals surface area (Å²) in [4.78, 5) is 17.6. The van der Waals surface area contributed by atoms with Crippen molar-refractivity contribution in [2.75, 3.05) is 0 Å². The van der Waals surface area contributed by atoms with Gasteiger partial charge in [0.1, 0.15) is 5.69 Å². The fourth-order valence-electron chi connectivity index (χ4n) is 3.79. The van der Waals surface area contributed by atoms with E-state index >= 15 is 0 Å². The van der Waals surface area contributed by atoms with Crippen LogP contribution in [0.4, 0.5) is 13.2 Å². The number of nitrogens with zero attached hydrogens (tertiary/aromatic N) is 4. The molecule has 8 heteroatoms. The van der Waals surface area contributed by atoms with Crippen molar-refractivity contribution in [3.05, 3.63) is 108 Å². The molecule has 0 amide bonds. The van der Waals surface area contributed by atoms with E-state index in [1.165, 1.54) is 18.3 Å². The fourth-order valence-corrected chi connectivity index (χ4v) is 3.79. The molecular formula is C25H17F3N4O. The third kappa shape index (κ3) is 3.91. The first kappa shape index (κ1) is 20.7. The summed E-state index contributed by atoms with van der Waals surface area (Å²) in [5, 5.41) is 4.29. The summed E-state index contributed by atoms with van der Waals surface area (Å²) in [7, 11) is 0. The van der Waals surface area contributed by atoms with Gasteiger partial charge in [-0.3, -0.25) is 4.79 Å². The van der Waals surface area contributed by atoms with Crippen LogP contribution in [0.5, 0.6) is 0 Å². The molecule has 5 rings (SSSR count). The van der Waals surface area contributed by atoms with Gasteiger partial charge in [0.2, 0.25) is 0 Å². The van der Waals surface area contributed by atoms with Gasteiger partial charge in [0, 0.05) is 12.7 Å². The third-order valence-corrected chi connectivity index (χ3v) is 5.33. The molecule has 0 saturated heterocycles. The Balaban J connectivity index is 1.57. The van der Waals surface area contributed by atoms with E-state index < -0.39 is 23.2 Å². The first-order chi connectivity index (χ1) is 15.9. The Hall–Kier alpha value is -4.20. The van der Waals surface area contributed by atoms with Crippen molar-refractivity contribution in [1.29, 1.82) is 0 Å². The number of benzene rings is 3. The maximum absolute atomic E-state index is 13.4. The molecule has 0 aliphatic rings. The highest BCUT2D eigenvalue weighted by Gasteiger charge is 2.35. The van der Waals surface area contributed by atoms with E-state index in [1.54, 1.807) is 6.07 Å². The van der Waals surface area contributed by atoms with E-state index in [0.29, 0.717) is 18.1 Å². The molecule has 5 nitrogen and oxygen atoms in total. The van der Waals surface area contributed by atoms with Gasteiger partial charge in [-0.15, -0.1) is 0 Å². The van der Waals surface area contributed by atoms with Crippen molar-refractivity contribution in [3.8, 4) is 11.5 Å². The van der Waals surface area contributed by atoms with Crippen LogP contribution in [0.1, 0.15) is 21.5 Å². The number of carbonyl (C=O) groups excluding carboxylic acids is 1. The van der Waals surface area contributed by atoms with Crippen LogP contribution in [-0.2, 0) is 12.7 Å². The van der Waals surface area contributed by atoms with Crippen molar-refractivity contribution >= 4 is 16.9 Å². The van der Waals surface area contributed by atoms with Crippen molar-refractivity contribution in [2.45, 2.75) is 12.7 Å². The lowest BCUT2D eigenvalue weighted by atomic mass is 10.1. The van der Waals surface area contributed by atoms with E-state index in [-0.39, 0.29) is 0 Å². The summed E-state index contributed by atoms with van der Waals surface area (Å²) in [5.41, 5.74) is 1.63. The van der Waals surface area contributed by atoms with Crippen LogP contribution in [-0.4, -0.2) is 25.2 Å². The SMILES string of the molecule is O=C(c1ccccc1C(F)(F)F)n1ccc(-c2nc3ccccc3n2Cc2ccccc2)n1. The predicted octanol–water partition coefficient (Wildman–Crippen LogP) is 5.66. The molecule has 0 atom stereocenters. The molecular weight excluding hydrogens is 429 g/mol. The minimum Gasteiger partial charge on any atom is -0.318 e. The number of hydrogen-bond donors (Lipinski definition) is 0. The molecule has 0 bridgehead atoms. The lowest BCUT2D eigenvalue weighted by Crippen LogP contribution is -2.19. The molecule has 2 aromatic heterocycles. The van der Waals surface area contributed by atoms with Gasteiger partial charge in [0.05, 0.1) is 22.2 Å². The van der Waals surface area contributed by atoms with Gasteiger partial charge in [0.25, 0.3) is 5.91 Å². The topological polar surface area (TPSA) is 52.7 Å². The number of alkyl halides is 3. The normalized spacial score (nSPS) is 11.7. The number of rotatable bonds is 4. The summed E-state index contributed by atoms with van der Waals surface area (Å²) in [6, 6.07) is 23.7. The molecule has 2 heterocycles. The zero-order valence-corrected chi connectivity index (χ0v) is 17.2. The van der Waals surface area contributed by atoms with Crippen LogP contribution in [0.15, 0.2) is 91.1 Å². The molecule has 0 aliphatic carbocycles. The maximum Gasteiger partial charge on any atom is 0.417 e. The van der Waals surface area contributed by atoms with Crippen LogP contribution in [0, 0.1) is 0 Å². The molecule has 0 fully saturated rings. The van der Waals surface area contributed by atoms with Crippen LogP contribution in [0.25, 0.3) is 22.6 Å². The molecule has 3 aromatic carbocycles. The van der Waals surface area contributed by atoms with Crippen molar-refractivity contribution in [2.24, 2.45) is 0 Å². The van der Waals surface area contributed by atoms with Crippen LogP contribution in [0.3, 0.4) is 0 Å². The summed E-state index contributed by atoms with van der Waals surface area (Å²) in [6.07, 6.45) is -3.29. The second kappa shape index (κ2) is 8.05. The predicted molar refractivity (Wildman–Crippen MR) is 118 cm³/mol. The van der Waals surface area contributed by atoms with Crippen molar-refractivity contribution < 1.29 is 18.0 Å². The smallest absolute Gasteiger partial charge is 0.318 e. The summed E-state index contributed by atoms with van der Waals surface area (Å²) < 4.78 is 43.0. The lowest BCUT2D eigenvalue weighted by molar-refractivity contribution is -0.137. The number of aromatic nitrogens is 4. The fraction of sp³-hybridized carbons (Fsp3) is 0.0800. The van der Waals surface area contributed by atoms with Gasteiger partial charge in [-0.2, -0.15) is 18.3 Å². The van der Waals surface area contributed by atoms with Crippen molar-refractivity contribution in [3.63, 3.8) is 0 Å². The Morgan fingerprint density at radius 3 is 2.33 bits per heavy atom. The largest absolute Gasteiger partial charge is 0.417 e. The Bertz CT molecular complexity index is 1450. The molecule has 164 valence electrons. The van der Waals surface area contributed by atoms with E-state index in [9.17, 15) is 18.0 Å². The minimum atomic E-state index is -4.65. The van der Waals surface area contributed by atoms with E-state index in [0.717, 1.165) is 33.4 Å². The monoisotopic (exact) mass is 446 g/mol. The standard InChI is InChI=1S/C25H17F3N4O/c26-25(27,28)19-11-5-4-10-18(19)24(33)32-15-14-21(30-32)23-29-20-12-6-7-13-22(20)31(23)16-17-8-2-1-3-9-17/h1-15H,16H2. The highest BCUT2D eigenvalue weighted by atomic mass is 19.4. The Morgan fingerprint density at radius 2 is 1.55 bits per heavy atom. The number of carbonyl (C=O) groups is 1. The van der Waals surface area contributed by atoms with Crippen LogP contribution in [0.2, 0.25) is 0 Å². The number of halogens is 3. The highest BCUT2D eigenvalue weighted by Crippen LogP contribution is 2.32. The number of para-hydroxylation sites is 2. The molecule has 0 radical (unpaired) electrons. The average Bonchev–Trinajstić information content (AvgIpc) is 3.44. The number of fused-ring (bicyclic) bond motifs is 1. The van der Waals surface area contributed by atoms with Gasteiger partial charge in [-0.1, -0.05) is 54.6 Å². The molecule has 0 spiro atoms. The van der Waals surface area contributed by atoms with Crippen molar-refractivity contribution in [1.82, 2.24) is 19.3 Å². The first-order valence-electron chi connectivity index (χ1n) is 10.2. The van der Waals surface area contributed by atoms with Gasteiger partial charge in [-0.05, 0) is 35.9 Å². The minimum absolute atomic E-state index is 0.389. The van der Waals surface area contributed by atoms with Gasteiger partial charge < -0.3 is 4.57 Å². The Kier molecular flexibility index (Phi) is 5.05. The maximum atomic E-state index is 13.4. The van der Waals surface area contributed by atoms with Gasteiger partial charge in [0.15, 0.2) is 5.82 Å². The second-order valence-corrected chi connectivity index (χ2v) is 7.49. The molecule has 5 aromatic rings. The average molecular weight is 446 g/mol. The third-order valence-electron chi connectivity index (χ3n) is 5.33. The molecule has 0 aliphatic heterocycles.